The Morgan fingerprint density at radius 2 is 1.86 bits per heavy atom. The molecule has 9 nitrogen and oxygen atoms in total. The number of piperidine rings is 1. The fourth-order valence-corrected chi connectivity index (χ4v) is 6.65. The number of rotatable bonds is 5. The second-order valence-electron chi connectivity index (χ2n) is 9.14. The highest BCUT2D eigenvalue weighted by molar-refractivity contribution is 7.89. The van der Waals surface area contributed by atoms with Crippen LogP contribution in [0.5, 0.6) is 11.5 Å². The molecule has 35 heavy (non-hydrogen) atoms. The maximum Gasteiger partial charge on any atom is 0.244 e. The molecule has 1 atom stereocenters. The van der Waals surface area contributed by atoms with Crippen molar-refractivity contribution in [2.75, 3.05) is 36.5 Å². The SMILES string of the molecule is CC1CCCCN1S(=O)(=O)c1ccc2c(c1)CCC(=O)N2CC(=O)Nc1ccc2c(c1)OCCO2. The van der Waals surface area contributed by atoms with Gasteiger partial charge in [0.1, 0.15) is 19.8 Å². The molecule has 3 aliphatic heterocycles. The van der Waals surface area contributed by atoms with Gasteiger partial charge in [-0.3, -0.25) is 9.59 Å². The van der Waals surface area contributed by atoms with E-state index in [1.165, 1.54) is 4.90 Å². The third-order valence-corrected chi connectivity index (χ3v) is 8.74. The minimum atomic E-state index is -3.62. The molecule has 10 heteroatoms. The Bertz CT molecular complexity index is 1260. The van der Waals surface area contributed by atoms with Crippen molar-refractivity contribution >= 4 is 33.2 Å². The molecule has 1 N–H and O–H groups in total. The summed E-state index contributed by atoms with van der Waals surface area (Å²) in [4.78, 5) is 27.1. The second kappa shape index (κ2) is 9.50. The first kappa shape index (κ1) is 23.6. The topological polar surface area (TPSA) is 105 Å². The number of aryl methyl sites for hydroxylation is 1. The molecule has 2 amide bonds. The highest BCUT2D eigenvalue weighted by Gasteiger charge is 2.33. The minimum Gasteiger partial charge on any atom is -0.486 e. The zero-order chi connectivity index (χ0) is 24.6. The third kappa shape index (κ3) is 4.72. The van der Waals surface area contributed by atoms with E-state index in [-0.39, 0.29) is 35.7 Å². The minimum absolute atomic E-state index is 0.0351. The van der Waals surface area contributed by atoms with Crippen molar-refractivity contribution in [3.63, 3.8) is 0 Å². The quantitative estimate of drug-likeness (QED) is 0.678. The molecule has 2 aromatic carbocycles. The Morgan fingerprint density at radius 1 is 1.06 bits per heavy atom. The molecule has 0 spiro atoms. The number of carbonyl (C=O) groups excluding carboxylic acids is 2. The summed E-state index contributed by atoms with van der Waals surface area (Å²) in [7, 11) is -3.62. The predicted molar refractivity (Wildman–Crippen MR) is 130 cm³/mol. The van der Waals surface area contributed by atoms with Crippen LogP contribution in [0.25, 0.3) is 0 Å². The number of hydrogen-bond donors (Lipinski definition) is 1. The smallest absolute Gasteiger partial charge is 0.244 e. The maximum atomic E-state index is 13.3. The largest absolute Gasteiger partial charge is 0.486 e. The van der Waals surface area contributed by atoms with Gasteiger partial charge in [-0.05, 0) is 62.1 Å². The summed E-state index contributed by atoms with van der Waals surface area (Å²) in [6.07, 6.45) is 3.39. The van der Waals surface area contributed by atoms with Gasteiger partial charge in [0.25, 0.3) is 0 Å². The van der Waals surface area contributed by atoms with E-state index >= 15 is 0 Å². The fraction of sp³-hybridized carbons (Fsp3) is 0.440. The van der Waals surface area contributed by atoms with Crippen LogP contribution in [0.15, 0.2) is 41.3 Å². The molecule has 3 aliphatic rings. The van der Waals surface area contributed by atoms with E-state index in [0.717, 1.165) is 24.8 Å². The average molecular weight is 500 g/mol. The number of nitrogens with zero attached hydrogens (tertiary/aromatic N) is 2. The number of carbonyl (C=O) groups is 2. The summed E-state index contributed by atoms with van der Waals surface area (Å²) >= 11 is 0. The molecule has 0 radical (unpaired) electrons. The van der Waals surface area contributed by atoms with Gasteiger partial charge in [-0.2, -0.15) is 4.31 Å². The van der Waals surface area contributed by atoms with E-state index in [9.17, 15) is 18.0 Å². The molecule has 2 aromatic rings. The number of amides is 2. The standard InChI is InChI=1S/C25H29N3O6S/c1-17-4-2-3-11-28(17)35(31,32)20-7-8-21-18(14-20)5-10-25(30)27(21)16-24(29)26-19-6-9-22-23(15-19)34-13-12-33-22/h6-9,14-15,17H,2-5,10-13,16H2,1H3,(H,26,29). The lowest BCUT2D eigenvalue weighted by Gasteiger charge is -2.33. The van der Waals surface area contributed by atoms with E-state index in [2.05, 4.69) is 5.32 Å². The van der Waals surface area contributed by atoms with E-state index in [4.69, 9.17) is 9.47 Å². The summed E-state index contributed by atoms with van der Waals surface area (Å²) in [6, 6.07) is 9.95. The van der Waals surface area contributed by atoms with Gasteiger partial charge >= 0.3 is 0 Å². The summed E-state index contributed by atoms with van der Waals surface area (Å²) in [5.41, 5.74) is 1.87. The first-order chi connectivity index (χ1) is 16.8. The molecule has 5 rings (SSSR count). The monoisotopic (exact) mass is 499 g/mol. The Morgan fingerprint density at radius 3 is 2.66 bits per heavy atom. The number of hydrogen-bond acceptors (Lipinski definition) is 6. The van der Waals surface area contributed by atoms with Crippen molar-refractivity contribution in [2.24, 2.45) is 0 Å². The van der Waals surface area contributed by atoms with E-state index in [1.54, 1.807) is 40.7 Å². The van der Waals surface area contributed by atoms with Crippen molar-refractivity contribution < 1.29 is 27.5 Å². The van der Waals surface area contributed by atoms with Crippen molar-refractivity contribution in [1.29, 1.82) is 0 Å². The Balaban J connectivity index is 1.33. The fourth-order valence-electron chi connectivity index (χ4n) is 4.90. The highest BCUT2D eigenvalue weighted by atomic mass is 32.2. The van der Waals surface area contributed by atoms with Crippen LogP contribution in [0.3, 0.4) is 0 Å². The zero-order valence-electron chi connectivity index (χ0n) is 19.7. The van der Waals surface area contributed by atoms with E-state index < -0.39 is 10.0 Å². The lowest BCUT2D eigenvalue weighted by atomic mass is 10.0. The molecule has 0 aliphatic carbocycles. The number of sulfonamides is 1. The maximum absolute atomic E-state index is 13.3. The van der Waals surface area contributed by atoms with E-state index in [1.807, 2.05) is 6.92 Å². The molecule has 1 unspecified atom stereocenters. The summed E-state index contributed by atoms with van der Waals surface area (Å²) in [5, 5.41) is 2.80. The molecule has 0 aromatic heterocycles. The summed E-state index contributed by atoms with van der Waals surface area (Å²) in [6.45, 7) is 3.21. The van der Waals surface area contributed by atoms with Gasteiger partial charge in [-0.1, -0.05) is 6.42 Å². The van der Waals surface area contributed by atoms with Crippen LogP contribution in [-0.2, 0) is 26.0 Å². The van der Waals surface area contributed by atoms with Gasteiger partial charge in [-0.25, -0.2) is 8.42 Å². The van der Waals surface area contributed by atoms with Crippen molar-refractivity contribution in [3.8, 4) is 11.5 Å². The average Bonchev–Trinajstić information content (AvgIpc) is 2.85. The summed E-state index contributed by atoms with van der Waals surface area (Å²) in [5.74, 6) is 0.654. The van der Waals surface area contributed by atoms with Crippen molar-refractivity contribution in [1.82, 2.24) is 4.31 Å². The van der Waals surface area contributed by atoms with Crippen LogP contribution in [0, 0.1) is 0 Å². The van der Waals surface area contributed by atoms with Gasteiger partial charge in [-0.15, -0.1) is 0 Å². The normalized spacial score (nSPS) is 20.3. The van der Waals surface area contributed by atoms with Crippen LogP contribution in [0.1, 0.15) is 38.2 Å². The highest BCUT2D eigenvalue weighted by Crippen LogP contribution is 2.34. The van der Waals surface area contributed by atoms with Gasteiger partial charge < -0.3 is 19.7 Å². The molecular weight excluding hydrogens is 470 g/mol. The number of benzene rings is 2. The van der Waals surface area contributed by atoms with Crippen LogP contribution >= 0.6 is 0 Å². The Kier molecular flexibility index (Phi) is 6.41. The van der Waals surface area contributed by atoms with Crippen molar-refractivity contribution in [3.05, 3.63) is 42.0 Å². The Labute approximate surface area is 205 Å². The number of anilines is 2. The molecule has 0 saturated carbocycles. The molecule has 1 saturated heterocycles. The van der Waals surface area contributed by atoms with Crippen LogP contribution in [0.2, 0.25) is 0 Å². The van der Waals surface area contributed by atoms with Crippen molar-refractivity contribution in [2.45, 2.75) is 50.0 Å². The van der Waals surface area contributed by atoms with Gasteiger partial charge in [0.2, 0.25) is 21.8 Å². The second-order valence-corrected chi connectivity index (χ2v) is 11.0. The lowest BCUT2D eigenvalue weighted by molar-refractivity contribution is -0.121. The van der Waals surface area contributed by atoms with Gasteiger partial charge in [0, 0.05) is 36.4 Å². The van der Waals surface area contributed by atoms with Gasteiger partial charge in [0.05, 0.1) is 4.90 Å². The summed E-state index contributed by atoms with van der Waals surface area (Å²) < 4.78 is 39.2. The number of nitrogens with one attached hydrogen (secondary N) is 1. The zero-order valence-corrected chi connectivity index (χ0v) is 20.5. The molecule has 1 fully saturated rings. The molecular formula is C25H29N3O6S. The lowest BCUT2D eigenvalue weighted by Crippen LogP contribution is -2.42. The number of ether oxygens (including phenoxy) is 2. The van der Waals surface area contributed by atoms with E-state index in [0.29, 0.717) is 49.1 Å². The number of fused-ring (bicyclic) bond motifs is 2. The third-order valence-electron chi connectivity index (χ3n) is 6.73. The first-order valence-corrected chi connectivity index (χ1v) is 13.4. The predicted octanol–water partition coefficient (Wildman–Crippen LogP) is 2.94. The first-order valence-electron chi connectivity index (χ1n) is 12.0. The Hall–Kier alpha value is -3.11. The van der Waals surface area contributed by atoms with Crippen LogP contribution in [-0.4, -0.2) is 56.9 Å². The molecule has 186 valence electrons. The van der Waals surface area contributed by atoms with Crippen LogP contribution in [0.4, 0.5) is 11.4 Å². The molecule has 3 heterocycles. The molecule has 0 bridgehead atoms. The van der Waals surface area contributed by atoms with Crippen LogP contribution < -0.4 is 19.7 Å². The van der Waals surface area contributed by atoms with Gasteiger partial charge in [0.15, 0.2) is 11.5 Å².